The van der Waals surface area contributed by atoms with Gasteiger partial charge in [-0.1, -0.05) is 12.8 Å². The topological polar surface area (TPSA) is 78.7 Å². The van der Waals surface area contributed by atoms with Gasteiger partial charge in [0.15, 0.2) is 0 Å². The van der Waals surface area contributed by atoms with Crippen LogP contribution in [-0.2, 0) is 4.79 Å². The molecule has 3 amide bonds. The molecule has 1 heterocycles. The van der Waals surface area contributed by atoms with Gasteiger partial charge < -0.3 is 16.0 Å². The molecular weight excluding hydrogens is 244 g/mol. The minimum atomic E-state index is -0.266. The molecule has 1 saturated heterocycles. The smallest absolute Gasteiger partial charge is 0.324 e. The van der Waals surface area contributed by atoms with Crippen molar-refractivity contribution >= 4 is 11.9 Å². The minimum Gasteiger partial charge on any atom is -0.330 e. The molecule has 2 fully saturated rings. The molecule has 2 atom stereocenters. The number of carbonyl (C=O) groups excluding carboxylic acids is 2. The fourth-order valence-electron chi connectivity index (χ4n) is 3.15. The Balaban J connectivity index is 1.84. The first-order valence-corrected chi connectivity index (χ1v) is 7.12. The molecule has 1 saturated carbocycles. The molecule has 0 spiro atoms. The van der Waals surface area contributed by atoms with Gasteiger partial charge >= 0.3 is 6.03 Å². The Labute approximate surface area is 114 Å². The van der Waals surface area contributed by atoms with Crippen LogP contribution in [0.25, 0.3) is 0 Å². The Morgan fingerprint density at radius 3 is 2.74 bits per heavy atom. The zero-order chi connectivity index (χ0) is 13.8. The number of imide groups is 1. The van der Waals surface area contributed by atoms with Gasteiger partial charge in [0.2, 0.25) is 5.91 Å². The average molecular weight is 268 g/mol. The standard InChI is InChI=1S/C13H24N4O2/c1-16(11-5-3-2-4-10(11)8-14)6-7-17-12(18)9-15-13(17)19/h10-11H,2-9,14H2,1H3,(H,15,19). The van der Waals surface area contributed by atoms with Gasteiger partial charge in [-0.2, -0.15) is 0 Å². The molecule has 0 aromatic carbocycles. The van der Waals surface area contributed by atoms with Crippen molar-refractivity contribution in [1.29, 1.82) is 0 Å². The van der Waals surface area contributed by atoms with Crippen LogP contribution in [0.3, 0.4) is 0 Å². The highest BCUT2D eigenvalue weighted by molar-refractivity contribution is 6.01. The molecule has 1 aliphatic heterocycles. The van der Waals surface area contributed by atoms with Crippen molar-refractivity contribution in [2.75, 3.05) is 33.2 Å². The molecule has 6 nitrogen and oxygen atoms in total. The largest absolute Gasteiger partial charge is 0.330 e. The predicted octanol–water partition coefficient (Wildman–Crippen LogP) is -0.0125. The Morgan fingerprint density at radius 2 is 2.11 bits per heavy atom. The molecule has 1 aliphatic carbocycles. The zero-order valence-electron chi connectivity index (χ0n) is 11.6. The maximum atomic E-state index is 11.5. The number of urea groups is 1. The predicted molar refractivity (Wildman–Crippen MR) is 72.5 cm³/mol. The van der Waals surface area contributed by atoms with E-state index in [2.05, 4.69) is 17.3 Å². The van der Waals surface area contributed by atoms with Crippen LogP contribution < -0.4 is 11.1 Å². The summed E-state index contributed by atoms with van der Waals surface area (Å²) < 4.78 is 0. The Hall–Kier alpha value is -1.14. The first-order chi connectivity index (χ1) is 9.13. The highest BCUT2D eigenvalue weighted by atomic mass is 16.2. The number of carbonyl (C=O) groups is 2. The van der Waals surface area contributed by atoms with Gasteiger partial charge in [0.05, 0.1) is 6.54 Å². The van der Waals surface area contributed by atoms with Gasteiger partial charge in [0, 0.05) is 19.1 Å². The van der Waals surface area contributed by atoms with Crippen LogP contribution in [0.15, 0.2) is 0 Å². The van der Waals surface area contributed by atoms with Crippen molar-refractivity contribution in [2.24, 2.45) is 11.7 Å². The van der Waals surface area contributed by atoms with Crippen molar-refractivity contribution in [3.05, 3.63) is 0 Å². The van der Waals surface area contributed by atoms with Crippen LogP contribution in [0, 0.1) is 5.92 Å². The Kier molecular flexibility index (Phi) is 4.76. The van der Waals surface area contributed by atoms with Gasteiger partial charge in [-0.25, -0.2) is 4.79 Å². The maximum absolute atomic E-state index is 11.5. The lowest BCUT2D eigenvalue weighted by Crippen LogP contribution is -2.46. The van der Waals surface area contributed by atoms with Crippen molar-refractivity contribution < 1.29 is 9.59 Å². The molecule has 0 aromatic heterocycles. The molecule has 6 heteroatoms. The molecule has 2 unspecified atom stereocenters. The van der Waals surface area contributed by atoms with E-state index >= 15 is 0 Å². The van der Waals surface area contributed by atoms with E-state index in [4.69, 9.17) is 5.73 Å². The fraction of sp³-hybridized carbons (Fsp3) is 0.846. The molecular formula is C13H24N4O2. The lowest BCUT2D eigenvalue weighted by molar-refractivity contribution is -0.125. The summed E-state index contributed by atoms with van der Waals surface area (Å²) in [5.74, 6) is 0.416. The minimum absolute atomic E-state index is 0.127. The van der Waals surface area contributed by atoms with Gasteiger partial charge in [-0.3, -0.25) is 9.69 Å². The third kappa shape index (κ3) is 3.25. The van der Waals surface area contributed by atoms with Gasteiger partial charge in [0.25, 0.3) is 0 Å². The zero-order valence-corrected chi connectivity index (χ0v) is 11.6. The highest BCUT2D eigenvalue weighted by Crippen LogP contribution is 2.27. The number of rotatable bonds is 5. The van der Waals surface area contributed by atoms with Crippen LogP contribution in [0.2, 0.25) is 0 Å². The SMILES string of the molecule is CN(CCN1C(=O)CNC1=O)C1CCCCC1CN. The highest BCUT2D eigenvalue weighted by Gasteiger charge is 2.31. The molecule has 2 aliphatic rings. The normalized spacial score (nSPS) is 28.1. The number of hydrogen-bond donors (Lipinski definition) is 2. The number of nitrogens with zero attached hydrogens (tertiary/aromatic N) is 2. The summed E-state index contributed by atoms with van der Waals surface area (Å²) in [4.78, 5) is 26.5. The summed E-state index contributed by atoms with van der Waals surface area (Å²) in [7, 11) is 2.07. The second-order valence-electron chi connectivity index (χ2n) is 5.53. The lowest BCUT2D eigenvalue weighted by Gasteiger charge is -2.38. The number of nitrogens with one attached hydrogen (secondary N) is 1. The van der Waals surface area contributed by atoms with E-state index in [1.807, 2.05) is 0 Å². The second kappa shape index (κ2) is 6.34. The molecule has 19 heavy (non-hydrogen) atoms. The molecule has 0 radical (unpaired) electrons. The third-order valence-electron chi connectivity index (χ3n) is 4.35. The quantitative estimate of drug-likeness (QED) is 0.687. The first kappa shape index (κ1) is 14.3. The summed E-state index contributed by atoms with van der Waals surface area (Å²) in [6.45, 7) is 2.05. The number of nitrogens with two attached hydrogens (primary N) is 1. The second-order valence-corrected chi connectivity index (χ2v) is 5.53. The summed E-state index contributed by atoms with van der Waals surface area (Å²) >= 11 is 0. The molecule has 108 valence electrons. The van der Waals surface area contributed by atoms with Crippen LogP contribution >= 0.6 is 0 Å². The van der Waals surface area contributed by atoms with Crippen molar-refractivity contribution in [2.45, 2.75) is 31.7 Å². The number of amides is 3. The third-order valence-corrected chi connectivity index (χ3v) is 4.35. The van der Waals surface area contributed by atoms with Crippen molar-refractivity contribution in [3.63, 3.8) is 0 Å². The van der Waals surface area contributed by atoms with Crippen molar-refractivity contribution in [1.82, 2.24) is 15.1 Å². The van der Waals surface area contributed by atoms with E-state index in [-0.39, 0.29) is 18.5 Å². The summed E-state index contributed by atoms with van der Waals surface area (Å²) in [5, 5.41) is 2.54. The Bertz CT molecular complexity index is 332. The molecule has 3 N–H and O–H groups in total. The van der Waals surface area contributed by atoms with Crippen LogP contribution in [-0.4, -0.2) is 61.0 Å². The van der Waals surface area contributed by atoms with E-state index < -0.39 is 0 Å². The molecule has 0 aromatic rings. The summed E-state index contributed by atoms with van der Waals surface area (Å²) in [6.07, 6.45) is 4.86. The average Bonchev–Trinajstić information content (AvgIpc) is 2.75. The van der Waals surface area contributed by atoms with E-state index in [9.17, 15) is 9.59 Å². The number of hydrogen-bond acceptors (Lipinski definition) is 4. The van der Waals surface area contributed by atoms with Crippen LogP contribution in [0.5, 0.6) is 0 Å². The molecule has 0 bridgehead atoms. The van der Waals surface area contributed by atoms with E-state index in [1.165, 1.54) is 30.6 Å². The summed E-state index contributed by atoms with van der Waals surface area (Å²) in [5.41, 5.74) is 5.84. The van der Waals surface area contributed by atoms with E-state index in [0.717, 1.165) is 13.1 Å². The Morgan fingerprint density at radius 1 is 1.37 bits per heavy atom. The first-order valence-electron chi connectivity index (χ1n) is 7.12. The number of likely N-dealkylation sites (N-methyl/N-ethyl adjacent to an activating group) is 1. The van der Waals surface area contributed by atoms with Gasteiger partial charge in [-0.15, -0.1) is 0 Å². The van der Waals surface area contributed by atoms with Crippen LogP contribution in [0.1, 0.15) is 25.7 Å². The summed E-state index contributed by atoms with van der Waals surface area (Å²) in [6, 6.07) is 0.219. The fourth-order valence-corrected chi connectivity index (χ4v) is 3.15. The van der Waals surface area contributed by atoms with E-state index in [1.54, 1.807) is 0 Å². The van der Waals surface area contributed by atoms with Gasteiger partial charge in [0.1, 0.15) is 0 Å². The lowest BCUT2D eigenvalue weighted by atomic mass is 9.84. The molecule has 2 rings (SSSR count). The monoisotopic (exact) mass is 268 g/mol. The van der Waals surface area contributed by atoms with E-state index in [0.29, 0.717) is 18.5 Å². The maximum Gasteiger partial charge on any atom is 0.324 e. The van der Waals surface area contributed by atoms with Crippen molar-refractivity contribution in [3.8, 4) is 0 Å². The van der Waals surface area contributed by atoms with Crippen LogP contribution in [0.4, 0.5) is 4.79 Å². The van der Waals surface area contributed by atoms with Gasteiger partial charge in [-0.05, 0) is 32.4 Å².